The molecule has 0 spiro atoms. The highest BCUT2D eigenvalue weighted by Gasteiger charge is 2.03. The van der Waals surface area contributed by atoms with Gasteiger partial charge in [0.2, 0.25) is 0 Å². The quantitative estimate of drug-likeness (QED) is 0.924. The van der Waals surface area contributed by atoms with Crippen molar-refractivity contribution in [3.63, 3.8) is 0 Å². The van der Waals surface area contributed by atoms with Crippen LogP contribution >= 0.6 is 12.4 Å². The zero-order valence-electron chi connectivity index (χ0n) is 10.1. The molecule has 0 saturated carbocycles. The van der Waals surface area contributed by atoms with Crippen LogP contribution in [0.2, 0.25) is 0 Å². The van der Waals surface area contributed by atoms with Crippen molar-refractivity contribution in [2.24, 2.45) is 0 Å². The van der Waals surface area contributed by atoms with E-state index in [9.17, 15) is 4.79 Å². The number of aromatic nitrogens is 1. The van der Waals surface area contributed by atoms with E-state index in [1.165, 1.54) is 5.56 Å². The predicted molar refractivity (Wildman–Crippen MR) is 73.8 cm³/mol. The van der Waals surface area contributed by atoms with Gasteiger partial charge < -0.3 is 5.32 Å². The zero-order valence-corrected chi connectivity index (χ0v) is 10.9. The van der Waals surface area contributed by atoms with Gasteiger partial charge in [0, 0.05) is 24.5 Å². The lowest BCUT2D eigenvalue weighted by Crippen LogP contribution is -2.22. The van der Waals surface area contributed by atoms with Crippen LogP contribution in [0, 0.1) is 6.92 Å². The van der Waals surface area contributed by atoms with E-state index in [0.717, 1.165) is 5.56 Å². The fourth-order valence-corrected chi connectivity index (χ4v) is 1.61. The molecule has 0 bridgehead atoms. The van der Waals surface area contributed by atoms with E-state index in [1.54, 1.807) is 24.5 Å². The highest BCUT2D eigenvalue weighted by atomic mass is 35.5. The van der Waals surface area contributed by atoms with E-state index >= 15 is 0 Å². The van der Waals surface area contributed by atoms with Crippen LogP contribution in [0.5, 0.6) is 0 Å². The van der Waals surface area contributed by atoms with Gasteiger partial charge in [-0.25, -0.2) is 0 Å². The first-order valence-corrected chi connectivity index (χ1v) is 5.49. The first-order valence-electron chi connectivity index (χ1n) is 5.49. The summed E-state index contributed by atoms with van der Waals surface area (Å²) in [4.78, 5) is 15.6. The second-order valence-corrected chi connectivity index (χ2v) is 3.91. The van der Waals surface area contributed by atoms with Crippen LogP contribution in [0.15, 0.2) is 48.8 Å². The van der Waals surface area contributed by atoms with Crippen LogP contribution in [-0.2, 0) is 6.54 Å². The van der Waals surface area contributed by atoms with Gasteiger partial charge in [0.1, 0.15) is 0 Å². The van der Waals surface area contributed by atoms with E-state index < -0.39 is 0 Å². The molecule has 3 nitrogen and oxygen atoms in total. The lowest BCUT2D eigenvalue weighted by molar-refractivity contribution is 0.0951. The minimum absolute atomic E-state index is 0. The van der Waals surface area contributed by atoms with Gasteiger partial charge in [0.25, 0.3) is 5.91 Å². The summed E-state index contributed by atoms with van der Waals surface area (Å²) >= 11 is 0. The summed E-state index contributed by atoms with van der Waals surface area (Å²) in [6.45, 7) is 2.58. The van der Waals surface area contributed by atoms with Crippen molar-refractivity contribution < 1.29 is 4.79 Å². The van der Waals surface area contributed by atoms with Gasteiger partial charge in [0.15, 0.2) is 0 Å². The van der Waals surface area contributed by atoms with Crippen LogP contribution in [0.25, 0.3) is 0 Å². The van der Waals surface area contributed by atoms with Crippen molar-refractivity contribution in [1.82, 2.24) is 10.3 Å². The summed E-state index contributed by atoms with van der Waals surface area (Å²) in [5.74, 6) is -0.0751. The molecule has 2 aromatic rings. The Morgan fingerprint density at radius 2 is 1.94 bits per heavy atom. The van der Waals surface area contributed by atoms with Crippen LogP contribution in [0.1, 0.15) is 21.5 Å². The lowest BCUT2D eigenvalue weighted by atomic mass is 10.1. The van der Waals surface area contributed by atoms with Gasteiger partial charge >= 0.3 is 0 Å². The molecular formula is C14H15ClN2O. The molecule has 0 atom stereocenters. The molecule has 0 saturated heterocycles. The number of hydrogen-bond donors (Lipinski definition) is 1. The number of hydrogen-bond acceptors (Lipinski definition) is 2. The van der Waals surface area contributed by atoms with Crippen LogP contribution in [-0.4, -0.2) is 10.9 Å². The molecule has 1 amide bonds. The SMILES string of the molecule is Cc1cccc(CNC(=O)c2ccncc2)c1.Cl. The van der Waals surface area contributed by atoms with Gasteiger partial charge in [-0.1, -0.05) is 29.8 Å². The summed E-state index contributed by atoms with van der Waals surface area (Å²) < 4.78 is 0. The van der Waals surface area contributed by atoms with Crippen molar-refractivity contribution in [2.45, 2.75) is 13.5 Å². The summed E-state index contributed by atoms with van der Waals surface area (Å²) in [6, 6.07) is 11.5. The lowest BCUT2D eigenvalue weighted by Gasteiger charge is -2.05. The average Bonchev–Trinajstić information content (AvgIpc) is 2.37. The van der Waals surface area contributed by atoms with Crippen molar-refractivity contribution >= 4 is 18.3 Å². The molecule has 0 unspecified atom stereocenters. The maximum atomic E-state index is 11.8. The molecule has 4 heteroatoms. The van der Waals surface area contributed by atoms with Crippen molar-refractivity contribution in [2.75, 3.05) is 0 Å². The van der Waals surface area contributed by atoms with Gasteiger partial charge in [-0.05, 0) is 24.6 Å². The predicted octanol–water partition coefficient (Wildman–Crippen LogP) is 2.74. The molecule has 1 heterocycles. The smallest absolute Gasteiger partial charge is 0.251 e. The van der Waals surface area contributed by atoms with Crippen LogP contribution in [0.3, 0.4) is 0 Å². The summed E-state index contributed by atoms with van der Waals surface area (Å²) in [7, 11) is 0. The maximum Gasteiger partial charge on any atom is 0.251 e. The fraction of sp³-hybridized carbons (Fsp3) is 0.143. The van der Waals surface area contributed by atoms with E-state index in [0.29, 0.717) is 12.1 Å². The third kappa shape index (κ3) is 3.86. The minimum Gasteiger partial charge on any atom is -0.348 e. The van der Waals surface area contributed by atoms with E-state index in [-0.39, 0.29) is 18.3 Å². The number of amides is 1. The molecule has 0 aliphatic rings. The molecule has 1 N–H and O–H groups in total. The monoisotopic (exact) mass is 262 g/mol. The van der Waals surface area contributed by atoms with E-state index in [1.807, 2.05) is 25.1 Å². The molecule has 0 fully saturated rings. The van der Waals surface area contributed by atoms with Gasteiger partial charge in [-0.2, -0.15) is 0 Å². The number of carbonyl (C=O) groups excluding carboxylic acids is 1. The number of nitrogens with zero attached hydrogens (tertiary/aromatic N) is 1. The normalized spacial score (nSPS) is 9.39. The molecule has 0 aliphatic carbocycles. The standard InChI is InChI=1S/C14H14N2O.ClH/c1-11-3-2-4-12(9-11)10-16-14(17)13-5-7-15-8-6-13;/h2-9H,10H2,1H3,(H,16,17);1H. The molecule has 94 valence electrons. The first-order chi connectivity index (χ1) is 8.25. The fourth-order valence-electron chi connectivity index (χ4n) is 1.61. The first kappa shape index (κ1) is 14.2. The molecule has 2 rings (SSSR count). The average molecular weight is 263 g/mol. The molecule has 1 aromatic carbocycles. The summed E-state index contributed by atoms with van der Waals surface area (Å²) in [5.41, 5.74) is 2.93. The maximum absolute atomic E-state index is 11.8. The highest BCUT2D eigenvalue weighted by Crippen LogP contribution is 2.04. The second-order valence-electron chi connectivity index (χ2n) is 3.91. The van der Waals surface area contributed by atoms with Gasteiger partial charge in [-0.3, -0.25) is 9.78 Å². The summed E-state index contributed by atoms with van der Waals surface area (Å²) in [5, 5.41) is 2.88. The summed E-state index contributed by atoms with van der Waals surface area (Å²) in [6.07, 6.45) is 3.23. The van der Waals surface area contributed by atoms with E-state index in [2.05, 4.69) is 16.4 Å². The Balaban J connectivity index is 0.00000162. The van der Waals surface area contributed by atoms with Crippen LogP contribution < -0.4 is 5.32 Å². The highest BCUT2D eigenvalue weighted by molar-refractivity contribution is 5.93. The minimum atomic E-state index is -0.0751. The largest absolute Gasteiger partial charge is 0.348 e. The topological polar surface area (TPSA) is 42.0 Å². The van der Waals surface area contributed by atoms with Crippen LogP contribution in [0.4, 0.5) is 0 Å². The molecular weight excluding hydrogens is 248 g/mol. The Morgan fingerprint density at radius 3 is 2.61 bits per heavy atom. The molecule has 0 radical (unpaired) electrons. The Labute approximate surface area is 113 Å². The number of aryl methyl sites for hydroxylation is 1. The van der Waals surface area contributed by atoms with Gasteiger partial charge in [0.05, 0.1) is 0 Å². The molecule has 18 heavy (non-hydrogen) atoms. The molecule has 0 aliphatic heterocycles. The Bertz CT molecular complexity index is 514. The second kappa shape index (κ2) is 6.77. The van der Waals surface area contributed by atoms with Crippen molar-refractivity contribution in [1.29, 1.82) is 0 Å². The molecule has 1 aromatic heterocycles. The number of nitrogens with one attached hydrogen (secondary N) is 1. The van der Waals surface area contributed by atoms with Gasteiger partial charge in [-0.15, -0.1) is 12.4 Å². The van der Waals surface area contributed by atoms with Crippen molar-refractivity contribution in [3.8, 4) is 0 Å². The number of benzene rings is 1. The van der Waals surface area contributed by atoms with E-state index in [4.69, 9.17) is 0 Å². The third-order valence-corrected chi connectivity index (χ3v) is 2.48. The van der Waals surface area contributed by atoms with Crippen molar-refractivity contribution in [3.05, 3.63) is 65.5 Å². The number of carbonyl (C=O) groups is 1. The number of rotatable bonds is 3. The number of halogens is 1. The number of pyridine rings is 1. The Hall–Kier alpha value is -1.87. The Morgan fingerprint density at radius 1 is 1.22 bits per heavy atom. The zero-order chi connectivity index (χ0) is 12.1. The Kier molecular flexibility index (Phi) is 5.33. The third-order valence-electron chi connectivity index (χ3n) is 2.48.